The van der Waals surface area contributed by atoms with Crippen molar-refractivity contribution in [3.63, 3.8) is 0 Å². The summed E-state index contributed by atoms with van der Waals surface area (Å²) < 4.78 is 38.7. The van der Waals surface area contributed by atoms with Gasteiger partial charge in [0.05, 0.1) is 11.1 Å². The Morgan fingerprint density at radius 1 is 1.29 bits per heavy atom. The third-order valence-corrected chi connectivity index (χ3v) is 4.06. The van der Waals surface area contributed by atoms with Crippen molar-refractivity contribution in [2.45, 2.75) is 32.1 Å². The van der Waals surface area contributed by atoms with E-state index in [-0.39, 0.29) is 23.6 Å². The predicted molar refractivity (Wildman–Crippen MR) is 77.1 cm³/mol. The van der Waals surface area contributed by atoms with Gasteiger partial charge in [-0.25, -0.2) is 0 Å². The van der Waals surface area contributed by atoms with Crippen LogP contribution in [0.1, 0.15) is 29.8 Å². The van der Waals surface area contributed by atoms with E-state index in [0.29, 0.717) is 17.6 Å². The smallest absolute Gasteiger partial charge is 0.336 e. The highest BCUT2D eigenvalue weighted by atomic mass is 79.9. The molecular formula is C14H16BrF3N2O. The van der Waals surface area contributed by atoms with Gasteiger partial charge in [-0.2, -0.15) is 13.2 Å². The maximum atomic E-state index is 12.8. The molecule has 2 unspecified atom stereocenters. The first-order valence-electron chi connectivity index (χ1n) is 6.60. The number of benzene rings is 1. The average molecular weight is 365 g/mol. The number of nitrogens with zero attached hydrogens (tertiary/aromatic N) is 1. The molecule has 0 saturated carbocycles. The Bertz CT molecular complexity index is 538. The van der Waals surface area contributed by atoms with Gasteiger partial charge in [0.15, 0.2) is 0 Å². The molecule has 0 bridgehead atoms. The molecule has 7 heteroatoms. The van der Waals surface area contributed by atoms with Crippen molar-refractivity contribution in [1.82, 2.24) is 10.2 Å². The number of carbonyl (C=O) groups is 1. The van der Waals surface area contributed by atoms with Gasteiger partial charge in [0.2, 0.25) is 0 Å². The summed E-state index contributed by atoms with van der Waals surface area (Å²) in [5, 5.41) is 3.28. The Morgan fingerprint density at radius 2 is 1.86 bits per heavy atom. The summed E-state index contributed by atoms with van der Waals surface area (Å²) in [6.07, 6.45) is -4.46. The van der Waals surface area contributed by atoms with Crippen molar-refractivity contribution in [3.8, 4) is 0 Å². The fraction of sp³-hybridized carbons (Fsp3) is 0.500. The van der Waals surface area contributed by atoms with E-state index in [1.807, 2.05) is 13.8 Å². The van der Waals surface area contributed by atoms with E-state index < -0.39 is 11.7 Å². The normalized spacial score (nSPS) is 23.2. The van der Waals surface area contributed by atoms with Gasteiger partial charge in [-0.3, -0.25) is 4.79 Å². The molecule has 1 saturated heterocycles. The Kier molecular flexibility index (Phi) is 4.63. The fourth-order valence-electron chi connectivity index (χ4n) is 2.53. The Hall–Kier alpha value is -1.08. The summed E-state index contributed by atoms with van der Waals surface area (Å²) in [6.45, 7) is 4.84. The second kappa shape index (κ2) is 5.96. The maximum absolute atomic E-state index is 12.8. The molecule has 0 aliphatic carbocycles. The monoisotopic (exact) mass is 364 g/mol. The van der Waals surface area contributed by atoms with E-state index in [4.69, 9.17) is 0 Å². The van der Waals surface area contributed by atoms with Gasteiger partial charge < -0.3 is 10.2 Å². The van der Waals surface area contributed by atoms with E-state index in [2.05, 4.69) is 21.2 Å². The molecule has 2 rings (SSSR count). The number of amides is 1. The number of nitrogens with one attached hydrogen (secondary N) is 1. The van der Waals surface area contributed by atoms with Crippen LogP contribution in [0.15, 0.2) is 22.7 Å². The van der Waals surface area contributed by atoms with Crippen LogP contribution in [0.25, 0.3) is 0 Å². The summed E-state index contributed by atoms with van der Waals surface area (Å²) in [7, 11) is 0. The fourth-order valence-corrected chi connectivity index (χ4v) is 2.94. The van der Waals surface area contributed by atoms with Crippen LogP contribution in [0.2, 0.25) is 0 Å². The SMILES string of the molecule is CC1CN(C(=O)c2cc(C(F)(F)F)ccc2Br)CC(C)N1. The molecule has 1 heterocycles. The van der Waals surface area contributed by atoms with Crippen LogP contribution in [-0.2, 0) is 6.18 Å². The topological polar surface area (TPSA) is 32.3 Å². The Morgan fingerprint density at radius 3 is 2.38 bits per heavy atom. The minimum absolute atomic E-state index is 0.0473. The molecule has 3 nitrogen and oxygen atoms in total. The van der Waals surface area contributed by atoms with Gasteiger partial charge in [-0.1, -0.05) is 0 Å². The second-order valence-electron chi connectivity index (χ2n) is 5.37. The van der Waals surface area contributed by atoms with Crippen molar-refractivity contribution in [2.75, 3.05) is 13.1 Å². The molecule has 1 amide bonds. The first-order chi connectivity index (χ1) is 9.68. The lowest BCUT2D eigenvalue weighted by Gasteiger charge is -2.36. The largest absolute Gasteiger partial charge is 0.416 e. The molecule has 21 heavy (non-hydrogen) atoms. The van der Waals surface area contributed by atoms with Crippen LogP contribution >= 0.6 is 15.9 Å². The highest BCUT2D eigenvalue weighted by molar-refractivity contribution is 9.10. The van der Waals surface area contributed by atoms with E-state index in [1.165, 1.54) is 6.07 Å². The van der Waals surface area contributed by atoms with Crippen molar-refractivity contribution in [3.05, 3.63) is 33.8 Å². The number of alkyl halides is 3. The molecule has 2 atom stereocenters. The zero-order chi connectivity index (χ0) is 15.8. The minimum atomic E-state index is -4.46. The summed E-state index contributed by atoms with van der Waals surface area (Å²) in [6, 6.07) is 3.36. The number of piperazine rings is 1. The molecule has 1 aromatic rings. The average Bonchev–Trinajstić information content (AvgIpc) is 2.36. The lowest BCUT2D eigenvalue weighted by molar-refractivity contribution is -0.137. The van der Waals surface area contributed by atoms with Crippen LogP contribution in [0.4, 0.5) is 13.2 Å². The van der Waals surface area contributed by atoms with Crippen LogP contribution in [-0.4, -0.2) is 36.0 Å². The molecule has 0 spiro atoms. The van der Waals surface area contributed by atoms with Gasteiger partial charge in [0.25, 0.3) is 5.91 Å². The predicted octanol–water partition coefficient (Wildman–Crippen LogP) is 3.29. The second-order valence-corrected chi connectivity index (χ2v) is 6.23. The van der Waals surface area contributed by atoms with Crippen molar-refractivity contribution in [1.29, 1.82) is 0 Å². The molecule has 0 aromatic heterocycles. The van der Waals surface area contributed by atoms with Crippen LogP contribution in [0.3, 0.4) is 0 Å². The molecule has 1 aromatic carbocycles. The van der Waals surface area contributed by atoms with Gasteiger partial charge in [-0.05, 0) is 48.0 Å². The summed E-state index contributed by atoms with van der Waals surface area (Å²) in [5.74, 6) is -0.381. The van der Waals surface area contributed by atoms with Crippen molar-refractivity contribution in [2.24, 2.45) is 0 Å². The minimum Gasteiger partial charge on any atom is -0.336 e. The Balaban J connectivity index is 2.30. The van der Waals surface area contributed by atoms with Gasteiger partial charge in [-0.15, -0.1) is 0 Å². The van der Waals surface area contributed by atoms with E-state index in [9.17, 15) is 18.0 Å². The standard InChI is InChI=1S/C14H16BrF3N2O/c1-8-6-20(7-9(2)19-8)13(21)11-5-10(14(16,17)18)3-4-12(11)15/h3-5,8-9,19H,6-7H2,1-2H3. The van der Waals surface area contributed by atoms with Gasteiger partial charge >= 0.3 is 6.18 Å². The highest BCUT2D eigenvalue weighted by Crippen LogP contribution is 2.32. The molecule has 1 fully saturated rings. The van der Waals surface area contributed by atoms with Crippen LogP contribution < -0.4 is 5.32 Å². The third kappa shape index (κ3) is 3.77. The number of rotatable bonds is 1. The molecule has 116 valence electrons. The number of hydrogen-bond donors (Lipinski definition) is 1. The number of carbonyl (C=O) groups excluding carboxylic acids is 1. The molecule has 1 N–H and O–H groups in total. The van der Waals surface area contributed by atoms with Crippen molar-refractivity contribution >= 4 is 21.8 Å². The maximum Gasteiger partial charge on any atom is 0.416 e. The van der Waals surface area contributed by atoms with Crippen LogP contribution in [0.5, 0.6) is 0 Å². The first kappa shape index (κ1) is 16.3. The quantitative estimate of drug-likeness (QED) is 0.829. The summed E-state index contributed by atoms with van der Waals surface area (Å²) in [5.41, 5.74) is -0.767. The van der Waals surface area contributed by atoms with E-state index >= 15 is 0 Å². The molecule has 1 aliphatic rings. The Labute approximate surface area is 129 Å². The lowest BCUT2D eigenvalue weighted by atomic mass is 10.1. The molecule has 1 aliphatic heterocycles. The highest BCUT2D eigenvalue weighted by Gasteiger charge is 2.33. The van der Waals surface area contributed by atoms with E-state index in [1.54, 1.807) is 4.90 Å². The van der Waals surface area contributed by atoms with E-state index in [0.717, 1.165) is 12.1 Å². The molecular weight excluding hydrogens is 349 g/mol. The van der Waals surface area contributed by atoms with Gasteiger partial charge in [0.1, 0.15) is 0 Å². The third-order valence-electron chi connectivity index (χ3n) is 3.37. The van der Waals surface area contributed by atoms with Crippen molar-refractivity contribution < 1.29 is 18.0 Å². The lowest BCUT2D eigenvalue weighted by Crippen LogP contribution is -2.55. The first-order valence-corrected chi connectivity index (χ1v) is 7.40. The summed E-state index contributed by atoms with van der Waals surface area (Å²) in [4.78, 5) is 14.1. The van der Waals surface area contributed by atoms with Gasteiger partial charge in [0, 0.05) is 29.6 Å². The van der Waals surface area contributed by atoms with Crippen LogP contribution in [0, 0.1) is 0 Å². The number of halogens is 4. The molecule has 0 radical (unpaired) electrons. The zero-order valence-electron chi connectivity index (χ0n) is 11.7. The zero-order valence-corrected chi connectivity index (χ0v) is 13.3. The number of hydrogen-bond acceptors (Lipinski definition) is 2. The summed E-state index contributed by atoms with van der Waals surface area (Å²) >= 11 is 3.16.